The Morgan fingerprint density at radius 2 is 2.30 bits per heavy atom. The number of rotatable bonds is 5. The van der Waals surface area contributed by atoms with Crippen molar-refractivity contribution in [3.8, 4) is 0 Å². The lowest BCUT2D eigenvalue weighted by atomic mass is 10.3. The number of sulfone groups is 1. The van der Waals surface area contributed by atoms with Crippen molar-refractivity contribution in [1.29, 1.82) is 0 Å². The van der Waals surface area contributed by atoms with E-state index < -0.39 is 9.84 Å². The van der Waals surface area contributed by atoms with Gasteiger partial charge in [0.1, 0.15) is 0 Å². The van der Waals surface area contributed by atoms with Gasteiger partial charge in [-0.25, -0.2) is 13.4 Å². The molecule has 106 valence electrons. The molecular weight excluding hydrogens is 280 g/mol. The quantitative estimate of drug-likeness (QED) is 0.882. The third-order valence-corrected chi connectivity index (χ3v) is 4.06. The minimum Gasteiger partial charge on any atom is -0.325 e. The molecule has 1 N–H and O–H groups in total. The molecule has 0 fully saturated rings. The molecule has 7 nitrogen and oxygen atoms in total. The van der Waals surface area contributed by atoms with Crippen LogP contribution in [0.5, 0.6) is 0 Å². The predicted molar refractivity (Wildman–Crippen MR) is 75.7 cm³/mol. The number of amides is 1. The molecule has 0 bridgehead atoms. The molecule has 0 radical (unpaired) electrons. The second-order valence-electron chi connectivity index (χ2n) is 4.20. The number of carbonyl (C=O) groups is 1. The van der Waals surface area contributed by atoms with Crippen molar-refractivity contribution in [1.82, 2.24) is 14.8 Å². The summed E-state index contributed by atoms with van der Waals surface area (Å²) in [6, 6.07) is 1.64. The summed E-state index contributed by atoms with van der Waals surface area (Å²) in [6.07, 6.45) is 3.02. The van der Waals surface area contributed by atoms with Crippen LogP contribution in [0.25, 0.3) is 11.0 Å². The van der Waals surface area contributed by atoms with Crippen LogP contribution in [0.3, 0.4) is 0 Å². The van der Waals surface area contributed by atoms with E-state index in [0.717, 1.165) is 5.41 Å². The number of pyridine rings is 1. The maximum absolute atomic E-state index is 11.8. The fourth-order valence-corrected chi connectivity index (χ4v) is 2.32. The van der Waals surface area contributed by atoms with E-state index in [2.05, 4.69) is 22.0 Å². The number of hydrogen-bond donors (Lipinski definition) is 1. The van der Waals surface area contributed by atoms with Crippen LogP contribution in [0.1, 0.15) is 6.42 Å². The number of fused-ring (bicyclic) bond motifs is 1. The van der Waals surface area contributed by atoms with Crippen molar-refractivity contribution in [2.75, 3.05) is 11.1 Å². The minimum atomic E-state index is -3.37. The Morgan fingerprint density at radius 3 is 3.00 bits per heavy atom. The average molecular weight is 294 g/mol. The van der Waals surface area contributed by atoms with Crippen LogP contribution in [-0.4, -0.2) is 34.8 Å². The summed E-state index contributed by atoms with van der Waals surface area (Å²) in [5.74, 6) is -0.643. The molecule has 0 spiro atoms. The van der Waals surface area contributed by atoms with Gasteiger partial charge in [0, 0.05) is 25.1 Å². The fourth-order valence-electron chi connectivity index (χ4n) is 1.69. The number of nitrogens with one attached hydrogen (secondary N) is 1. The van der Waals surface area contributed by atoms with Crippen LogP contribution in [0.4, 0.5) is 5.69 Å². The molecule has 2 aromatic heterocycles. The molecule has 0 saturated carbocycles. The largest absolute Gasteiger partial charge is 0.325 e. The van der Waals surface area contributed by atoms with Gasteiger partial charge >= 0.3 is 0 Å². The Kier molecular flexibility index (Phi) is 3.84. The molecule has 0 unspecified atom stereocenters. The van der Waals surface area contributed by atoms with Crippen molar-refractivity contribution in [3.63, 3.8) is 0 Å². The third-order valence-electron chi connectivity index (χ3n) is 2.78. The van der Waals surface area contributed by atoms with Crippen molar-refractivity contribution < 1.29 is 13.2 Å². The lowest BCUT2D eigenvalue weighted by Crippen LogP contribution is -2.16. The first-order valence-electron chi connectivity index (χ1n) is 5.85. The molecule has 0 aromatic carbocycles. The molecular formula is C12H14N4O3S. The molecule has 1 amide bonds. The van der Waals surface area contributed by atoms with Gasteiger partial charge in [-0.05, 0) is 6.07 Å². The molecule has 0 atom stereocenters. The van der Waals surface area contributed by atoms with E-state index >= 15 is 0 Å². The zero-order valence-electron chi connectivity index (χ0n) is 10.9. The summed E-state index contributed by atoms with van der Waals surface area (Å²) in [4.78, 5) is 15.9. The Labute approximate surface area is 116 Å². The van der Waals surface area contributed by atoms with Crippen LogP contribution >= 0.6 is 0 Å². The first-order valence-corrected chi connectivity index (χ1v) is 7.56. The molecule has 0 saturated heterocycles. The standard InChI is InChI=1S/C12H14N4O3S/c1-3-20(18,19)7-5-11(17)15-10-4-6-13-12-9(10)8-14-16(12)2/h3-4,6,8H,1,5,7H2,2H3,(H,13,15,17). The van der Waals surface area contributed by atoms with E-state index in [-0.39, 0.29) is 18.1 Å². The number of aromatic nitrogens is 3. The van der Waals surface area contributed by atoms with Gasteiger partial charge < -0.3 is 5.32 Å². The van der Waals surface area contributed by atoms with Crippen LogP contribution in [0.15, 0.2) is 30.4 Å². The zero-order chi connectivity index (χ0) is 14.8. The molecule has 0 aliphatic heterocycles. The summed E-state index contributed by atoms with van der Waals surface area (Å²) in [7, 11) is -1.62. The molecule has 2 heterocycles. The van der Waals surface area contributed by atoms with E-state index in [9.17, 15) is 13.2 Å². The van der Waals surface area contributed by atoms with Crippen LogP contribution in [-0.2, 0) is 21.7 Å². The molecule has 2 aromatic rings. The van der Waals surface area contributed by atoms with Gasteiger partial charge in [0.2, 0.25) is 5.91 Å². The highest BCUT2D eigenvalue weighted by Crippen LogP contribution is 2.20. The number of hydrogen-bond acceptors (Lipinski definition) is 5. The fraction of sp³-hybridized carbons (Fsp3) is 0.250. The minimum absolute atomic E-state index is 0.127. The summed E-state index contributed by atoms with van der Waals surface area (Å²) < 4.78 is 24.1. The van der Waals surface area contributed by atoms with Crippen molar-refractivity contribution >= 4 is 32.5 Å². The summed E-state index contributed by atoms with van der Waals surface area (Å²) in [5, 5.41) is 8.28. The van der Waals surface area contributed by atoms with E-state index in [4.69, 9.17) is 0 Å². The maximum atomic E-state index is 11.8. The molecule has 0 aliphatic carbocycles. The van der Waals surface area contributed by atoms with Crippen molar-refractivity contribution in [2.24, 2.45) is 7.05 Å². The molecule has 20 heavy (non-hydrogen) atoms. The summed E-state index contributed by atoms with van der Waals surface area (Å²) in [6.45, 7) is 3.20. The Morgan fingerprint density at radius 1 is 1.55 bits per heavy atom. The van der Waals surface area contributed by atoms with Gasteiger partial charge in [-0.15, -0.1) is 0 Å². The third kappa shape index (κ3) is 3.02. The molecule has 2 rings (SSSR count). The number of nitrogens with zero attached hydrogens (tertiary/aromatic N) is 3. The summed E-state index contributed by atoms with van der Waals surface area (Å²) >= 11 is 0. The summed E-state index contributed by atoms with van der Waals surface area (Å²) in [5.41, 5.74) is 1.20. The highest BCUT2D eigenvalue weighted by Gasteiger charge is 2.12. The maximum Gasteiger partial charge on any atom is 0.225 e. The van der Waals surface area contributed by atoms with Gasteiger partial charge in [-0.2, -0.15) is 5.10 Å². The normalized spacial score (nSPS) is 11.4. The lowest BCUT2D eigenvalue weighted by Gasteiger charge is -2.05. The Bertz CT molecular complexity index is 764. The van der Waals surface area contributed by atoms with Crippen molar-refractivity contribution in [2.45, 2.75) is 6.42 Å². The van der Waals surface area contributed by atoms with E-state index in [1.807, 2.05) is 0 Å². The van der Waals surface area contributed by atoms with E-state index in [0.29, 0.717) is 16.7 Å². The first kappa shape index (κ1) is 14.2. The highest BCUT2D eigenvalue weighted by atomic mass is 32.2. The smallest absolute Gasteiger partial charge is 0.225 e. The zero-order valence-corrected chi connectivity index (χ0v) is 11.7. The van der Waals surface area contributed by atoms with Gasteiger partial charge in [0.05, 0.1) is 23.0 Å². The van der Waals surface area contributed by atoms with E-state index in [1.54, 1.807) is 30.2 Å². The first-order chi connectivity index (χ1) is 9.43. The Hall–Kier alpha value is -2.22. The predicted octanol–water partition coefficient (Wildman–Crippen LogP) is 0.855. The van der Waals surface area contributed by atoms with Crippen molar-refractivity contribution in [3.05, 3.63) is 30.4 Å². The average Bonchev–Trinajstić information content (AvgIpc) is 2.80. The SMILES string of the molecule is C=CS(=O)(=O)CCC(=O)Nc1ccnc2c1cnn2C. The molecule has 0 aliphatic rings. The Balaban J connectivity index is 2.12. The number of carbonyl (C=O) groups excluding carboxylic acids is 1. The number of aryl methyl sites for hydroxylation is 1. The van der Waals surface area contributed by atoms with E-state index in [1.165, 1.54) is 0 Å². The van der Waals surface area contributed by atoms with Crippen LogP contribution in [0.2, 0.25) is 0 Å². The van der Waals surface area contributed by atoms with Gasteiger partial charge in [-0.3, -0.25) is 9.48 Å². The van der Waals surface area contributed by atoms with Gasteiger partial charge in [-0.1, -0.05) is 6.58 Å². The highest BCUT2D eigenvalue weighted by molar-refractivity contribution is 7.94. The topological polar surface area (TPSA) is 93.9 Å². The number of anilines is 1. The molecule has 8 heteroatoms. The second kappa shape index (κ2) is 5.41. The van der Waals surface area contributed by atoms with Crippen LogP contribution < -0.4 is 5.32 Å². The van der Waals surface area contributed by atoms with Crippen LogP contribution in [0, 0.1) is 0 Å². The van der Waals surface area contributed by atoms with Gasteiger partial charge in [0.25, 0.3) is 0 Å². The van der Waals surface area contributed by atoms with Gasteiger partial charge in [0.15, 0.2) is 15.5 Å². The monoisotopic (exact) mass is 294 g/mol. The lowest BCUT2D eigenvalue weighted by molar-refractivity contribution is -0.115. The second-order valence-corrected chi connectivity index (χ2v) is 6.26.